The van der Waals surface area contributed by atoms with E-state index in [2.05, 4.69) is 47.3 Å². The van der Waals surface area contributed by atoms with Crippen molar-refractivity contribution in [3.8, 4) is 0 Å². The van der Waals surface area contributed by atoms with Crippen molar-refractivity contribution in [1.82, 2.24) is 14.7 Å². The average Bonchev–Trinajstić information content (AvgIpc) is 3.03. The van der Waals surface area contributed by atoms with Crippen molar-refractivity contribution < 1.29 is 13.2 Å². The summed E-state index contributed by atoms with van der Waals surface area (Å²) in [6.45, 7) is 9.25. The van der Waals surface area contributed by atoms with E-state index in [1.807, 2.05) is 12.2 Å². The largest absolute Gasteiger partial charge is 0.384 e. The fourth-order valence-electron chi connectivity index (χ4n) is 3.91. The Morgan fingerprint density at radius 1 is 1.36 bits per heavy atom. The SMILES string of the molecule is CCCC/C=C/c1cnc(N2CCC(C)C2(C)C)c(C(=O)NS(=O)(=O)c2cccc(N)n2)c1. The van der Waals surface area contributed by atoms with Crippen molar-refractivity contribution >= 4 is 33.6 Å². The fourth-order valence-corrected chi connectivity index (χ4v) is 4.85. The van der Waals surface area contributed by atoms with Gasteiger partial charge in [-0.1, -0.05) is 44.9 Å². The van der Waals surface area contributed by atoms with E-state index in [-0.39, 0.29) is 21.9 Å². The first kappa shape index (κ1) is 24.7. The first-order chi connectivity index (χ1) is 15.6. The Labute approximate surface area is 196 Å². The van der Waals surface area contributed by atoms with Crippen LogP contribution in [-0.4, -0.2) is 36.4 Å². The molecule has 33 heavy (non-hydrogen) atoms. The van der Waals surface area contributed by atoms with Gasteiger partial charge in [-0.05, 0) is 56.4 Å². The standard InChI is InChI=1S/C24H33N5O3S/c1-5-6-7-8-10-18-15-19(22(26-16-18)29-14-13-17(2)24(29,3)4)23(30)28-33(31,32)21-12-9-11-20(25)27-21/h8-12,15-17H,5-7,13-14H2,1-4H3,(H2,25,27)(H,28,30)/b10-8+. The number of nitrogens with zero attached hydrogens (tertiary/aromatic N) is 3. The second-order valence-electron chi connectivity index (χ2n) is 9.01. The van der Waals surface area contributed by atoms with Crippen LogP contribution in [0.25, 0.3) is 6.08 Å². The number of allylic oxidation sites excluding steroid dienone is 1. The van der Waals surface area contributed by atoms with Crippen LogP contribution in [0.4, 0.5) is 11.6 Å². The van der Waals surface area contributed by atoms with Crippen LogP contribution in [0, 0.1) is 5.92 Å². The van der Waals surface area contributed by atoms with Crippen molar-refractivity contribution in [3.63, 3.8) is 0 Å². The number of aromatic nitrogens is 2. The van der Waals surface area contributed by atoms with E-state index in [1.54, 1.807) is 12.3 Å². The molecule has 2 aromatic rings. The van der Waals surface area contributed by atoms with Gasteiger partial charge in [0.1, 0.15) is 11.6 Å². The third kappa shape index (κ3) is 5.52. The van der Waals surface area contributed by atoms with E-state index in [0.29, 0.717) is 11.7 Å². The lowest BCUT2D eigenvalue weighted by Gasteiger charge is -2.36. The molecule has 0 bridgehead atoms. The number of pyridine rings is 2. The van der Waals surface area contributed by atoms with Crippen molar-refractivity contribution in [2.24, 2.45) is 5.92 Å². The van der Waals surface area contributed by atoms with E-state index in [0.717, 1.165) is 37.8 Å². The maximum atomic E-state index is 13.3. The first-order valence-electron chi connectivity index (χ1n) is 11.3. The maximum absolute atomic E-state index is 13.3. The highest BCUT2D eigenvalue weighted by molar-refractivity contribution is 7.90. The summed E-state index contributed by atoms with van der Waals surface area (Å²) in [5, 5.41) is -0.309. The van der Waals surface area contributed by atoms with Gasteiger partial charge >= 0.3 is 0 Å². The monoisotopic (exact) mass is 471 g/mol. The van der Waals surface area contributed by atoms with Gasteiger partial charge in [0.15, 0.2) is 5.03 Å². The number of nitrogen functional groups attached to an aromatic ring is 1. The Hall–Kier alpha value is -2.94. The van der Waals surface area contributed by atoms with E-state index in [4.69, 9.17) is 5.73 Å². The van der Waals surface area contributed by atoms with Crippen LogP contribution >= 0.6 is 0 Å². The summed E-state index contributed by atoms with van der Waals surface area (Å²) in [5.41, 5.74) is 6.35. The van der Waals surface area contributed by atoms with Gasteiger partial charge < -0.3 is 10.6 Å². The molecule has 1 atom stereocenters. The number of sulfonamides is 1. The lowest BCUT2D eigenvalue weighted by atomic mass is 9.90. The molecule has 3 heterocycles. The first-order valence-corrected chi connectivity index (χ1v) is 12.8. The zero-order valence-corrected chi connectivity index (χ0v) is 20.5. The fraction of sp³-hybridized carbons (Fsp3) is 0.458. The zero-order valence-electron chi connectivity index (χ0n) is 19.7. The Balaban J connectivity index is 1.99. The Morgan fingerprint density at radius 2 is 2.12 bits per heavy atom. The van der Waals surface area contributed by atoms with Gasteiger partial charge in [0.25, 0.3) is 15.9 Å². The Bertz CT molecular complexity index is 1140. The number of nitrogens with one attached hydrogen (secondary N) is 1. The second-order valence-corrected chi connectivity index (χ2v) is 10.6. The predicted octanol–water partition coefficient (Wildman–Crippen LogP) is 4.01. The summed E-state index contributed by atoms with van der Waals surface area (Å²) in [4.78, 5) is 23.8. The zero-order chi connectivity index (χ0) is 24.2. The van der Waals surface area contributed by atoms with Gasteiger partial charge in [-0.3, -0.25) is 4.79 Å². The number of hydrogen-bond donors (Lipinski definition) is 2. The van der Waals surface area contributed by atoms with Gasteiger partial charge in [0.2, 0.25) is 0 Å². The van der Waals surface area contributed by atoms with Crippen LogP contribution in [0.5, 0.6) is 0 Å². The normalized spacial score (nSPS) is 18.1. The molecule has 1 aliphatic rings. The summed E-state index contributed by atoms with van der Waals surface area (Å²) < 4.78 is 27.8. The lowest BCUT2D eigenvalue weighted by molar-refractivity contribution is 0.0981. The van der Waals surface area contributed by atoms with Crippen LogP contribution in [0.3, 0.4) is 0 Å². The van der Waals surface area contributed by atoms with E-state index >= 15 is 0 Å². The minimum absolute atomic E-state index is 0.0553. The molecular formula is C24H33N5O3S. The molecule has 0 aliphatic carbocycles. The third-order valence-electron chi connectivity index (χ3n) is 6.36. The molecule has 0 spiro atoms. The maximum Gasteiger partial charge on any atom is 0.281 e. The summed E-state index contributed by atoms with van der Waals surface area (Å²) in [5.74, 6) is 0.174. The van der Waals surface area contributed by atoms with E-state index in [1.165, 1.54) is 18.2 Å². The van der Waals surface area contributed by atoms with Gasteiger partial charge in [0, 0.05) is 18.3 Å². The summed E-state index contributed by atoms with van der Waals surface area (Å²) in [7, 11) is -4.20. The Morgan fingerprint density at radius 3 is 2.76 bits per heavy atom. The molecular weight excluding hydrogens is 438 g/mol. The van der Waals surface area contributed by atoms with E-state index in [9.17, 15) is 13.2 Å². The van der Waals surface area contributed by atoms with Gasteiger partial charge in [-0.25, -0.2) is 14.7 Å². The third-order valence-corrected chi connectivity index (χ3v) is 7.59. The number of unbranched alkanes of at least 4 members (excludes halogenated alkanes) is 2. The topological polar surface area (TPSA) is 118 Å². The highest BCUT2D eigenvalue weighted by Crippen LogP contribution is 2.38. The van der Waals surface area contributed by atoms with Crippen molar-refractivity contribution in [1.29, 1.82) is 0 Å². The molecule has 0 aromatic carbocycles. The summed E-state index contributed by atoms with van der Waals surface area (Å²) in [6.07, 6.45) is 9.72. The van der Waals surface area contributed by atoms with Crippen LogP contribution < -0.4 is 15.4 Å². The smallest absolute Gasteiger partial charge is 0.281 e. The number of hydrogen-bond acceptors (Lipinski definition) is 7. The number of nitrogens with two attached hydrogens (primary N) is 1. The molecule has 178 valence electrons. The highest BCUT2D eigenvalue weighted by Gasteiger charge is 2.40. The molecule has 0 saturated carbocycles. The second kappa shape index (κ2) is 9.91. The summed E-state index contributed by atoms with van der Waals surface area (Å²) >= 11 is 0. The summed E-state index contributed by atoms with van der Waals surface area (Å²) in [6, 6.07) is 5.95. The molecule has 9 heteroatoms. The molecule has 1 saturated heterocycles. The number of carbonyl (C=O) groups excluding carboxylic acids is 1. The Kier molecular flexibility index (Phi) is 7.41. The van der Waals surface area contributed by atoms with Crippen molar-refractivity contribution in [2.75, 3.05) is 17.2 Å². The molecule has 1 fully saturated rings. The number of rotatable bonds is 8. The van der Waals surface area contributed by atoms with Crippen LogP contribution in [0.15, 0.2) is 41.6 Å². The predicted molar refractivity (Wildman–Crippen MR) is 131 cm³/mol. The van der Waals surface area contributed by atoms with Gasteiger partial charge in [0.05, 0.1) is 5.56 Å². The molecule has 0 radical (unpaired) electrons. The molecule has 3 rings (SSSR count). The number of amides is 1. The van der Waals surface area contributed by atoms with Crippen molar-refractivity contribution in [3.05, 3.63) is 47.7 Å². The lowest BCUT2D eigenvalue weighted by Crippen LogP contribution is -2.43. The van der Waals surface area contributed by atoms with Gasteiger partial charge in [-0.15, -0.1) is 0 Å². The van der Waals surface area contributed by atoms with Crippen LogP contribution in [0.1, 0.15) is 69.3 Å². The molecule has 3 N–H and O–H groups in total. The molecule has 2 aromatic heterocycles. The van der Waals surface area contributed by atoms with Crippen molar-refractivity contribution in [2.45, 2.75) is 63.9 Å². The number of anilines is 2. The average molecular weight is 472 g/mol. The van der Waals surface area contributed by atoms with Crippen LogP contribution in [-0.2, 0) is 10.0 Å². The number of carbonyl (C=O) groups is 1. The molecule has 1 unspecified atom stereocenters. The highest BCUT2D eigenvalue weighted by atomic mass is 32.2. The minimum atomic E-state index is -4.20. The molecule has 1 amide bonds. The minimum Gasteiger partial charge on any atom is -0.384 e. The molecule has 8 nitrogen and oxygen atoms in total. The van der Waals surface area contributed by atoms with Crippen LogP contribution in [0.2, 0.25) is 0 Å². The quantitative estimate of drug-likeness (QED) is 0.559. The molecule has 1 aliphatic heterocycles. The van der Waals surface area contributed by atoms with E-state index < -0.39 is 15.9 Å². The van der Waals surface area contributed by atoms with Gasteiger partial charge in [-0.2, -0.15) is 8.42 Å².